The quantitative estimate of drug-likeness (QED) is 0.704. The van der Waals surface area contributed by atoms with Gasteiger partial charge in [0.2, 0.25) is 10.0 Å². The molecule has 0 spiro atoms. The standard InChI is InChI=1S/C22H31NO4S/c1-16-10-12-18(13-11-16)28(25,26)23-15-14-19(21(24)27-22(2,3)4)20(23)17-8-6-5-7-9-17/h10-14,17,20H,5-9,15H2,1-4H3/t20-/m0/s1. The Hall–Kier alpha value is -1.66. The second-order valence-corrected chi connectivity index (χ2v) is 10.8. The molecule has 0 bridgehead atoms. The first-order valence-electron chi connectivity index (χ1n) is 10.1. The number of benzene rings is 1. The molecule has 1 aliphatic heterocycles. The first-order chi connectivity index (χ1) is 13.1. The molecule has 0 N–H and O–H groups in total. The van der Waals surface area contributed by atoms with Crippen LogP contribution in [0, 0.1) is 12.8 Å². The lowest BCUT2D eigenvalue weighted by Crippen LogP contribution is -2.44. The van der Waals surface area contributed by atoms with E-state index in [0.29, 0.717) is 5.57 Å². The molecule has 2 aliphatic rings. The summed E-state index contributed by atoms with van der Waals surface area (Å²) in [6.07, 6.45) is 6.93. The maximum absolute atomic E-state index is 13.4. The smallest absolute Gasteiger partial charge is 0.335 e. The fraction of sp³-hybridized carbons (Fsp3) is 0.591. The monoisotopic (exact) mass is 405 g/mol. The molecule has 1 aromatic rings. The third-order valence-corrected chi connectivity index (χ3v) is 7.34. The van der Waals surface area contributed by atoms with Crippen LogP contribution in [0.15, 0.2) is 40.8 Å². The van der Waals surface area contributed by atoms with E-state index in [9.17, 15) is 13.2 Å². The zero-order valence-corrected chi connectivity index (χ0v) is 18.1. The van der Waals surface area contributed by atoms with Crippen molar-refractivity contribution in [3.05, 3.63) is 41.5 Å². The van der Waals surface area contributed by atoms with Crippen molar-refractivity contribution in [2.24, 2.45) is 5.92 Å². The maximum atomic E-state index is 13.4. The van der Waals surface area contributed by atoms with Gasteiger partial charge in [0.05, 0.1) is 16.5 Å². The summed E-state index contributed by atoms with van der Waals surface area (Å²) in [5, 5.41) is 0. The molecule has 0 aromatic heterocycles. The number of esters is 1. The van der Waals surface area contributed by atoms with Crippen LogP contribution in [0.3, 0.4) is 0 Å². The van der Waals surface area contributed by atoms with E-state index in [1.165, 1.54) is 10.7 Å². The Balaban J connectivity index is 1.94. The molecular formula is C22H31NO4S. The van der Waals surface area contributed by atoms with Crippen LogP contribution in [0.4, 0.5) is 0 Å². The predicted octanol–water partition coefficient (Wildman–Crippen LogP) is 4.22. The minimum absolute atomic E-state index is 0.148. The van der Waals surface area contributed by atoms with E-state index in [1.807, 2.05) is 27.7 Å². The van der Waals surface area contributed by atoms with Gasteiger partial charge in [0, 0.05) is 6.54 Å². The Morgan fingerprint density at radius 3 is 2.25 bits per heavy atom. The van der Waals surface area contributed by atoms with E-state index in [0.717, 1.165) is 31.2 Å². The second kappa shape index (κ2) is 7.99. The highest BCUT2D eigenvalue weighted by Gasteiger charge is 2.44. The highest BCUT2D eigenvalue weighted by atomic mass is 32.2. The second-order valence-electron chi connectivity index (χ2n) is 8.89. The molecule has 28 heavy (non-hydrogen) atoms. The first-order valence-corrected chi connectivity index (χ1v) is 11.6. The van der Waals surface area contributed by atoms with Gasteiger partial charge in [-0.15, -0.1) is 0 Å². The Morgan fingerprint density at radius 1 is 1.07 bits per heavy atom. The van der Waals surface area contributed by atoms with E-state index in [4.69, 9.17) is 4.74 Å². The molecule has 0 saturated heterocycles. The lowest BCUT2D eigenvalue weighted by atomic mass is 9.81. The topological polar surface area (TPSA) is 63.7 Å². The summed E-state index contributed by atoms with van der Waals surface area (Å²) in [7, 11) is -3.69. The number of nitrogens with zero attached hydrogens (tertiary/aromatic N) is 1. The summed E-state index contributed by atoms with van der Waals surface area (Å²) in [4.78, 5) is 13.1. The minimum atomic E-state index is -3.69. The molecule has 154 valence electrons. The van der Waals surface area contributed by atoms with Crippen molar-refractivity contribution in [3.63, 3.8) is 0 Å². The summed E-state index contributed by atoms with van der Waals surface area (Å²) < 4.78 is 33.9. The van der Waals surface area contributed by atoms with E-state index < -0.39 is 27.6 Å². The normalized spacial score (nSPS) is 22.1. The van der Waals surface area contributed by atoms with Crippen LogP contribution < -0.4 is 0 Å². The summed E-state index contributed by atoms with van der Waals surface area (Å²) in [6, 6.07) is 6.46. The molecule has 3 rings (SSSR count). The predicted molar refractivity (Wildman–Crippen MR) is 109 cm³/mol. The number of hydrogen-bond acceptors (Lipinski definition) is 4. The van der Waals surface area contributed by atoms with Crippen LogP contribution >= 0.6 is 0 Å². The van der Waals surface area contributed by atoms with Gasteiger partial charge in [-0.3, -0.25) is 0 Å². The molecule has 5 nitrogen and oxygen atoms in total. The van der Waals surface area contributed by atoms with Gasteiger partial charge in [-0.1, -0.05) is 43.0 Å². The minimum Gasteiger partial charge on any atom is -0.457 e. The van der Waals surface area contributed by atoms with Crippen LogP contribution in [0.2, 0.25) is 0 Å². The zero-order chi connectivity index (χ0) is 20.5. The van der Waals surface area contributed by atoms with Gasteiger partial charge in [0.1, 0.15) is 5.60 Å². The van der Waals surface area contributed by atoms with Crippen molar-refractivity contribution in [1.29, 1.82) is 0 Å². The fourth-order valence-corrected chi connectivity index (χ4v) is 5.76. The number of carbonyl (C=O) groups excluding carboxylic acids is 1. The molecule has 0 radical (unpaired) electrons. The number of sulfonamides is 1. The average molecular weight is 406 g/mol. The molecule has 1 atom stereocenters. The maximum Gasteiger partial charge on any atom is 0.335 e. The number of carbonyl (C=O) groups is 1. The van der Waals surface area contributed by atoms with Gasteiger partial charge in [0.25, 0.3) is 0 Å². The molecule has 6 heteroatoms. The highest BCUT2D eigenvalue weighted by molar-refractivity contribution is 7.89. The zero-order valence-electron chi connectivity index (χ0n) is 17.3. The largest absolute Gasteiger partial charge is 0.457 e. The molecule has 1 fully saturated rings. The Bertz CT molecular complexity index is 844. The number of aryl methyl sites for hydroxylation is 1. The Labute approximate surface area is 168 Å². The van der Waals surface area contributed by atoms with Crippen molar-refractivity contribution < 1.29 is 17.9 Å². The summed E-state index contributed by atoms with van der Waals surface area (Å²) >= 11 is 0. The molecule has 0 amide bonds. The molecule has 0 unspecified atom stereocenters. The SMILES string of the molecule is Cc1ccc(S(=O)(=O)N2CC=C(C(=O)OC(C)(C)C)[C@@H]2C2CCCCC2)cc1. The summed E-state index contributed by atoms with van der Waals surface area (Å²) in [5.41, 5.74) is 0.896. The van der Waals surface area contributed by atoms with Crippen molar-refractivity contribution in [1.82, 2.24) is 4.31 Å². The molecule has 1 heterocycles. The Kier molecular flexibility index (Phi) is 6.01. The third-order valence-electron chi connectivity index (χ3n) is 5.48. The first kappa shape index (κ1) is 21.1. The lowest BCUT2D eigenvalue weighted by molar-refractivity contribution is -0.150. The number of hydrogen-bond donors (Lipinski definition) is 0. The van der Waals surface area contributed by atoms with Crippen molar-refractivity contribution in [2.75, 3.05) is 6.54 Å². The van der Waals surface area contributed by atoms with Gasteiger partial charge in [0.15, 0.2) is 0 Å². The van der Waals surface area contributed by atoms with E-state index in [2.05, 4.69) is 0 Å². The van der Waals surface area contributed by atoms with Gasteiger partial charge >= 0.3 is 5.97 Å². The Morgan fingerprint density at radius 2 is 1.68 bits per heavy atom. The van der Waals surface area contributed by atoms with Crippen LogP contribution in [-0.2, 0) is 19.6 Å². The fourth-order valence-electron chi connectivity index (χ4n) is 4.15. The van der Waals surface area contributed by atoms with E-state index >= 15 is 0 Å². The van der Waals surface area contributed by atoms with Gasteiger partial charge < -0.3 is 4.74 Å². The number of ether oxygens (including phenoxy) is 1. The van der Waals surface area contributed by atoms with Crippen molar-refractivity contribution >= 4 is 16.0 Å². The van der Waals surface area contributed by atoms with E-state index in [1.54, 1.807) is 30.3 Å². The highest BCUT2D eigenvalue weighted by Crippen LogP contribution is 2.38. The van der Waals surface area contributed by atoms with Gasteiger partial charge in [-0.05, 0) is 58.6 Å². The molecular weight excluding hydrogens is 374 g/mol. The van der Waals surface area contributed by atoms with Crippen molar-refractivity contribution in [2.45, 2.75) is 76.3 Å². The third kappa shape index (κ3) is 4.49. The summed E-state index contributed by atoms with van der Waals surface area (Å²) in [5.74, 6) is -0.250. The summed E-state index contributed by atoms with van der Waals surface area (Å²) in [6.45, 7) is 7.63. The van der Waals surface area contributed by atoms with Crippen LogP contribution in [0.1, 0.15) is 58.4 Å². The number of rotatable bonds is 4. The van der Waals surface area contributed by atoms with E-state index in [-0.39, 0.29) is 17.4 Å². The molecule has 1 aliphatic carbocycles. The van der Waals surface area contributed by atoms with Crippen LogP contribution in [-0.4, -0.2) is 36.9 Å². The van der Waals surface area contributed by atoms with Gasteiger partial charge in [-0.25, -0.2) is 13.2 Å². The average Bonchev–Trinajstić information content (AvgIpc) is 3.07. The van der Waals surface area contributed by atoms with Gasteiger partial charge in [-0.2, -0.15) is 4.31 Å². The van der Waals surface area contributed by atoms with Crippen LogP contribution in [0.25, 0.3) is 0 Å². The van der Waals surface area contributed by atoms with Crippen molar-refractivity contribution in [3.8, 4) is 0 Å². The van der Waals surface area contributed by atoms with Crippen LogP contribution in [0.5, 0.6) is 0 Å². The molecule has 1 saturated carbocycles. The molecule has 1 aromatic carbocycles. The lowest BCUT2D eigenvalue weighted by Gasteiger charge is -2.35.